The lowest BCUT2D eigenvalue weighted by Gasteiger charge is -2.24. The molecule has 2 N–H and O–H groups in total. The first-order valence-corrected chi connectivity index (χ1v) is 9.44. The molecule has 6 nitrogen and oxygen atoms in total. The second kappa shape index (κ2) is 9.32. The number of benzene rings is 3. The van der Waals surface area contributed by atoms with Gasteiger partial charge in [-0.1, -0.05) is 72.3 Å². The molecule has 0 fully saturated rings. The van der Waals surface area contributed by atoms with Crippen molar-refractivity contribution in [2.24, 2.45) is 0 Å². The Morgan fingerprint density at radius 1 is 0.966 bits per heavy atom. The molecular weight excluding hydrogens is 390 g/mol. The third kappa shape index (κ3) is 5.19. The summed E-state index contributed by atoms with van der Waals surface area (Å²) in [5.74, 6) is -0.310. The van der Waals surface area contributed by atoms with Crippen LogP contribution in [-0.2, 0) is 4.79 Å². The van der Waals surface area contributed by atoms with Crippen LogP contribution in [0.4, 0.5) is 11.4 Å². The van der Waals surface area contributed by atoms with Crippen molar-refractivity contribution in [3.8, 4) is 0 Å². The molecule has 0 aliphatic rings. The topological polar surface area (TPSA) is 84.3 Å². The molecular formula is C22H20ClN3O3. The fraction of sp³-hybridized carbons (Fsp3) is 0.136. The van der Waals surface area contributed by atoms with Crippen molar-refractivity contribution in [2.75, 3.05) is 5.32 Å². The zero-order valence-electron chi connectivity index (χ0n) is 15.7. The smallest absolute Gasteiger partial charge is 0.271 e. The first-order chi connectivity index (χ1) is 14.0. The minimum Gasteiger partial charge on any atom is -0.323 e. The molecule has 0 aliphatic carbocycles. The van der Waals surface area contributed by atoms with Crippen LogP contribution >= 0.6 is 11.6 Å². The third-order valence-electron chi connectivity index (χ3n) is 4.53. The zero-order chi connectivity index (χ0) is 20.8. The first kappa shape index (κ1) is 20.5. The average Bonchev–Trinajstić information content (AvgIpc) is 2.74. The zero-order valence-corrected chi connectivity index (χ0v) is 16.5. The molecule has 148 valence electrons. The lowest BCUT2D eigenvalue weighted by atomic mass is 10.0. The van der Waals surface area contributed by atoms with E-state index in [0.717, 1.165) is 11.1 Å². The summed E-state index contributed by atoms with van der Waals surface area (Å²) in [5, 5.41) is 17.1. The molecule has 7 heteroatoms. The van der Waals surface area contributed by atoms with Crippen LogP contribution in [0.2, 0.25) is 5.02 Å². The van der Waals surface area contributed by atoms with E-state index in [4.69, 9.17) is 11.6 Å². The molecule has 0 heterocycles. The molecule has 0 unspecified atom stereocenters. The van der Waals surface area contributed by atoms with Gasteiger partial charge in [-0.15, -0.1) is 0 Å². The summed E-state index contributed by atoms with van der Waals surface area (Å²) in [6, 6.07) is 22.4. The maximum absolute atomic E-state index is 13.1. The van der Waals surface area contributed by atoms with Crippen LogP contribution in [-0.4, -0.2) is 10.8 Å². The van der Waals surface area contributed by atoms with Crippen molar-refractivity contribution in [2.45, 2.75) is 19.0 Å². The number of rotatable bonds is 7. The minimum absolute atomic E-state index is 0.0838. The van der Waals surface area contributed by atoms with Gasteiger partial charge in [0.15, 0.2) is 0 Å². The fourth-order valence-corrected chi connectivity index (χ4v) is 3.20. The molecule has 2 atom stereocenters. The normalized spacial score (nSPS) is 12.8. The predicted octanol–water partition coefficient (Wildman–Crippen LogP) is 5.28. The number of anilines is 1. The number of nitro groups is 1. The van der Waals surface area contributed by atoms with E-state index in [9.17, 15) is 14.9 Å². The summed E-state index contributed by atoms with van der Waals surface area (Å²) in [6.45, 7) is 1.98. The Hall–Kier alpha value is -3.22. The van der Waals surface area contributed by atoms with Crippen LogP contribution in [0.25, 0.3) is 0 Å². The molecule has 1 amide bonds. The van der Waals surface area contributed by atoms with Gasteiger partial charge in [0.05, 0.1) is 15.6 Å². The Bertz CT molecular complexity index is 997. The highest BCUT2D eigenvalue weighted by Gasteiger charge is 2.24. The molecule has 3 aromatic rings. The molecule has 0 saturated carbocycles. The fourth-order valence-electron chi connectivity index (χ4n) is 2.98. The number of nitro benzene ring substituents is 1. The van der Waals surface area contributed by atoms with Gasteiger partial charge in [-0.05, 0) is 24.1 Å². The molecule has 3 aromatic carbocycles. The van der Waals surface area contributed by atoms with Crippen molar-refractivity contribution in [1.82, 2.24) is 5.32 Å². The molecule has 0 saturated heterocycles. The lowest BCUT2D eigenvalue weighted by Crippen LogP contribution is -2.34. The number of carbonyl (C=O) groups is 1. The minimum atomic E-state index is -0.641. The molecule has 0 aliphatic heterocycles. The van der Waals surface area contributed by atoms with E-state index in [1.165, 1.54) is 18.2 Å². The van der Waals surface area contributed by atoms with Gasteiger partial charge in [0.25, 0.3) is 5.69 Å². The average molecular weight is 410 g/mol. The maximum Gasteiger partial charge on any atom is 0.271 e. The van der Waals surface area contributed by atoms with Crippen LogP contribution < -0.4 is 10.6 Å². The van der Waals surface area contributed by atoms with Gasteiger partial charge in [0.1, 0.15) is 6.04 Å². The number of non-ortho nitro benzene ring substituents is 1. The number of hydrogen-bond donors (Lipinski definition) is 2. The lowest BCUT2D eigenvalue weighted by molar-refractivity contribution is -0.384. The number of hydrogen-bond acceptors (Lipinski definition) is 4. The highest BCUT2D eigenvalue weighted by Crippen LogP contribution is 2.28. The van der Waals surface area contributed by atoms with Crippen molar-refractivity contribution < 1.29 is 9.72 Å². The van der Waals surface area contributed by atoms with Gasteiger partial charge in [-0.3, -0.25) is 20.2 Å². The van der Waals surface area contributed by atoms with Gasteiger partial charge in [0, 0.05) is 18.2 Å². The van der Waals surface area contributed by atoms with Crippen molar-refractivity contribution in [3.63, 3.8) is 0 Å². The van der Waals surface area contributed by atoms with E-state index in [2.05, 4.69) is 10.6 Å². The maximum atomic E-state index is 13.1. The summed E-state index contributed by atoms with van der Waals surface area (Å²) in [7, 11) is 0. The van der Waals surface area contributed by atoms with Gasteiger partial charge in [-0.25, -0.2) is 0 Å². The molecule has 0 aromatic heterocycles. The Kier molecular flexibility index (Phi) is 6.59. The van der Waals surface area contributed by atoms with E-state index < -0.39 is 11.0 Å². The summed E-state index contributed by atoms with van der Waals surface area (Å²) in [5.41, 5.74) is 2.03. The van der Waals surface area contributed by atoms with Crippen LogP contribution in [0.5, 0.6) is 0 Å². The van der Waals surface area contributed by atoms with Gasteiger partial charge in [0.2, 0.25) is 5.91 Å². The quantitative estimate of drug-likeness (QED) is 0.410. The summed E-state index contributed by atoms with van der Waals surface area (Å²) < 4.78 is 0. The Morgan fingerprint density at radius 2 is 1.55 bits per heavy atom. The van der Waals surface area contributed by atoms with E-state index >= 15 is 0 Å². The summed E-state index contributed by atoms with van der Waals surface area (Å²) in [6.07, 6.45) is 0. The number of nitrogens with one attached hydrogen (secondary N) is 2. The molecule has 0 spiro atoms. The SMILES string of the molecule is C[C@@H](N[C@H](C(=O)Nc1ccc([N+](=O)[O-])cc1Cl)c1ccccc1)c1ccccc1. The van der Waals surface area contributed by atoms with Gasteiger partial charge < -0.3 is 5.32 Å². The Labute approximate surface area is 173 Å². The second-order valence-electron chi connectivity index (χ2n) is 6.55. The number of carbonyl (C=O) groups excluding carboxylic acids is 1. The van der Waals surface area contributed by atoms with Crippen LogP contribution in [0.1, 0.15) is 30.1 Å². The van der Waals surface area contributed by atoms with E-state index in [0.29, 0.717) is 5.69 Å². The van der Waals surface area contributed by atoms with Crippen molar-refractivity contribution in [1.29, 1.82) is 0 Å². The van der Waals surface area contributed by atoms with E-state index in [1.54, 1.807) is 0 Å². The standard InChI is InChI=1S/C22H20ClN3O3/c1-15(16-8-4-2-5-9-16)24-21(17-10-6-3-7-11-17)22(27)25-20-13-12-18(26(28)29)14-19(20)23/h2-15,21,24H,1H3,(H,25,27)/t15-,21+/m1/s1. The summed E-state index contributed by atoms with van der Waals surface area (Å²) >= 11 is 6.13. The number of nitrogens with zero attached hydrogens (tertiary/aromatic N) is 1. The van der Waals surface area contributed by atoms with E-state index in [1.807, 2.05) is 67.6 Å². The Morgan fingerprint density at radius 3 is 2.10 bits per heavy atom. The molecule has 29 heavy (non-hydrogen) atoms. The number of amides is 1. The number of halogens is 1. The highest BCUT2D eigenvalue weighted by atomic mass is 35.5. The largest absolute Gasteiger partial charge is 0.323 e. The van der Waals surface area contributed by atoms with Crippen LogP contribution in [0.15, 0.2) is 78.9 Å². The summed E-state index contributed by atoms with van der Waals surface area (Å²) in [4.78, 5) is 23.4. The van der Waals surface area contributed by atoms with E-state index in [-0.39, 0.29) is 22.7 Å². The van der Waals surface area contributed by atoms with Crippen molar-refractivity contribution in [3.05, 3.63) is 105 Å². The Balaban J connectivity index is 1.84. The second-order valence-corrected chi connectivity index (χ2v) is 6.96. The molecule has 0 radical (unpaired) electrons. The first-order valence-electron chi connectivity index (χ1n) is 9.06. The molecule has 0 bridgehead atoms. The predicted molar refractivity (Wildman–Crippen MR) is 114 cm³/mol. The van der Waals surface area contributed by atoms with Gasteiger partial charge in [-0.2, -0.15) is 0 Å². The van der Waals surface area contributed by atoms with Crippen molar-refractivity contribution >= 4 is 28.9 Å². The molecule has 3 rings (SSSR count). The highest BCUT2D eigenvalue weighted by molar-refractivity contribution is 6.34. The van der Waals surface area contributed by atoms with Crippen LogP contribution in [0.3, 0.4) is 0 Å². The third-order valence-corrected chi connectivity index (χ3v) is 4.85. The van der Waals surface area contributed by atoms with Gasteiger partial charge >= 0.3 is 0 Å². The monoisotopic (exact) mass is 409 g/mol. The van der Waals surface area contributed by atoms with Crippen LogP contribution in [0, 0.1) is 10.1 Å².